The van der Waals surface area contributed by atoms with Crippen LogP contribution in [-0.4, -0.2) is 34.7 Å². The number of nitrogens with zero attached hydrogens (tertiary/aromatic N) is 2. The zero-order valence-electron chi connectivity index (χ0n) is 24.3. The Hall–Kier alpha value is -2.98. The van der Waals surface area contributed by atoms with Crippen molar-refractivity contribution in [2.75, 3.05) is 49.9 Å². The maximum atomic E-state index is 3.90. The number of anilines is 3. The van der Waals surface area contributed by atoms with Crippen molar-refractivity contribution < 1.29 is 0 Å². The average molecular weight is 523 g/mol. The second-order valence-corrected chi connectivity index (χ2v) is 13.4. The molecule has 0 spiro atoms. The van der Waals surface area contributed by atoms with E-state index in [0.717, 1.165) is 31.5 Å². The molecule has 39 heavy (non-hydrogen) atoms. The van der Waals surface area contributed by atoms with Gasteiger partial charge in [0.2, 0.25) is 0 Å². The molecule has 0 heterocycles. The van der Waals surface area contributed by atoms with Crippen LogP contribution in [0.5, 0.6) is 0 Å². The van der Waals surface area contributed by atoms with Crippen LogP contribution in [0, 0.1) is 17.3 Å². The lowest BCUT2D eigenvalue weighted by molar-refractivity contribution is -0.0708. The van der Waals surface area contributed by atoms with Gasteiger partial charge in [0.25, 0.3) is 0 Å². The van der Waals surface area contributed by atoms with Gasteiger partial charge in [-0.1, -0.05) is 36.4 Å². The van der Waals surface area contributed by atoms with Gasteiger partial charge in [-0.2, -0.15) is 0 Å². The third kappa shape index (κ3) is 5.54. The summed E-state index contributed by atoms with van der Waals surface area (Å²) >= 11 is 0. The summed E-state index contributed by atoms with van der Waals surface area (Å²) in [5.74, 6) is 1.80. The summed E-state index contributed by atoms with van der Waals surface area (Å²) in [4.78, 5) is 4.31. The smallest absolute Gasteiger partial charge is 0.0400 e. The summed E-state index contributed by atoms with van der Waals surface area (Å²) in [7, 11) is 8.38. The first-order valence-corrected chi connectivity index (χ1v) is 14.9. The lowest BCUT2D eigenvalue weighted by atomic mass is 9.43. The third-order valence-electron chi connectivity index (χ3n) is 9.91. The van der Waals surface area contributed by atoms with Crippen LogP contribution in [0.25, 0.3) is 0 Å². The van der Waals surface area contributed by atoms with Gasteiger partial charge in [0.1, 0.15) is 0 Å². The van der Waals surface area contributed by atoms with Gasteiger partial charge in [-0.15, -0.1) is 0 Å². The van der Waals surface area contributed by atoms with Crippen LogP contribution < -0.4 is 20.4 Å². The molecule has 206 valence electrons. The molecule has 2 unspecified atom stereocenters. The van der Waals surface area contributed by atoms with Crippen LogP contribution in [0.15, 0.2) is 72.8 Å². The van der Waals surface area contributed by atoms with Crippen molar-refractivity contribution in [3.05, 3.63) is 89.5 Å². The normalized spacial score (nSPS) is 27.0. The molecular formula is C35H46N4. The topological polar surface area (TPSA) is 30.5 Å². The summed E-state index contributed by atoms with van der Waals surface area (Å²) in [6.07, 6.45) is 8.44. The number of nitrogens with one attached hydrogen (secondary N) is 2. The molecule has 4 atom stereocenters. The van der Waals surface area contributed by atoms with Crippen LogP contribution in [0.2, 0.25) is 0 Å². The number of rotatable bonds is 10. The predicted octanol–water partition coefficient (Wildman–Crippen LogP) is 7.06. The van der Waals surface area contributed by atoms with Gasteiger partial charge in [-0.25, -0.2) is 0 Å². The van der Waals surface area contributed by atoms with Crippen molar-refractivity contribution in [1.29, 1.82) is 0 Å². The second kappa shape index (κ2) is 10.5. The predicted molar refractivity (Wildman–Crippen MR) is 166 cm³/mol. The van der Waals surface area contributed by atoms with E-state index >= 15 is 0 Å². The molecule has 4 fully saturated rings. The Kier molecular flexibility index (Phi) is 7.09. The zero-order chi connectivity index (χ0) is 27.0. The summed E-state index contributed by atoms with van der Waals surface area (Å²) in [6.45, 7) is 2.98. The lowest BCUT2D eigenvalue weighted by Gasteiger charge is -2.62. The molecule has 7 rings (SSSR count). The average Bonchev–Trinajstić information content (AvgIpc) is 2.92. The van der Waals surface area contributed by atoms with Gasteiger partial charge in [0, 0.05) is 64.9 Å². The van der Waals surface area contributed by atoms with Crippen molar-refractivity contribution >= 4 is 17.1 Å². The molecule has 2 N–H and O–H groups in total. The van der Waals surface area contributed by atoms with Gasteiger partial charge >= 0.3 is 0 Å². The largest absolute Gasteiger partial charge is 0.381 e. The van der Waals surface area contributed by atoms with Gasteiger partial charge < -0.3 is 20.4 Å². The van der Waals surface area contributed by atoms with E-state index in [1.165, 1.54) is 66.7 Å². The molecular weight excluding hydrogens is 476 g/mol. The van der Waals surface area contributed by atoms with E-state index < -0.39 is 0 Å². The quantitative estimate of drug-likeness (QED) is 0.298. The van der Waals surface area contributed by atoms with E-state index in [1.807, 2.05) is 0 Å². The fourth-order valence-electron chi connectivity index (χ4n) is 8.44. The molecule has 4 saturated carbocycles. The Bertz CT molecular complexity index is 1230. The standard InChI is InChI=1S/C35H46N4/c1-38(2)32-13-5-26(6-14-32)22-36-25-34-18-28-17-29(19-34)21-35(20-28,24-34)30-9-11-31(12-10-30)37-23-27-7-15-33(16-8-27)39(3)4/h5-16,28-29,36-37H,17-25H2,1-4H3/t28-,29+,34?,35?. The monoisotopic (exact) mass is 522 g/mol. The van der Waals surface area contributed by atoms with E-state index in [0.29, 0.717) is 10.8 Å². The third-order valence-corrected chi connectivity index (χ3v) is 9.91. The highest BCUT2D eigenvalue weighted by Gasteiger charge is 2.57. The maximum absolute atomic E-state index is 3.90. The molecule has 4 bridgehead atoms. The first kappa shape index (κ1) is 26.3. The van der Waals surface area contributed by atoms with Crippen LogP contribution in [0.3, 0.4) is 0 Å². The lowest BCUT2D eigenvalue weighted by Crippen LogP contribution is -2.56. The van der Waals surface area contributed by atoms with Crippen molar-refractivity contribution in [2.45, 2.75) is 57.0 Å². The zero-order valence-corrected chi connectivity index (χ0v) is 24.3. The first-order chi connectivity index (χ1) is 18.8. The van der Waals surface area contributed by atoms with Crippen molar-refractivity contribution in [2.24, 2.45) is 17.3 Å². The Labute approximate surface area is 235 Å². The summed E-state index contributed by atoms with van der Waals surface area (Å²) in [5, 5.41) is 7.55. The van der Waals surface area contributed by atoms with E-state index in [1.54, 1.807) is 5.56 Å². The summed E-state index contributed by atoms with van der Waals surface area (Å²) < 4.78 is 0. The molecule has 3 aromatic carbocycles. The molecule has 4 nitrogen and oxygen atoms in total. The van der Waals surface area contributed by atoms with Crippen molar-refractivity contribution in [1.82, 2.24) is 5.32 Å². The minimum atomic E-state index is 0.375. The van der Waals surface area contributed by atoms with Gasteiger partial charge in [0.05, 0.1) is 0 Å². The first-order valence-electron chi connectivity index (χ1n) is 14.9. The minimum absolute atomic E-state index is 0.375. The molecule has 0 aromatic heterocycles. The van der Waals surface area contributed by atoms with Crippen LogP contribution in [-0.2, 0) is 18.5 Å². The van der Waals surface area contributed by atoms with Gasteiger partial charge in [-0.3, -0.25) is 0 Å². The molecule has 0 saturated heterocycles. The van der Waals surface area contributed by atoms with Crippen LogP contribution in [0.4, 0.5) is 17.1 Å². The van der Waals surface area contributed by atoms with Crippen molar-refractivity contribution in [3.8, 4) is 0 Å². The molecule has 0 amide bonds. The molecule has 4 aliphatic rings. The van der Waals surface area contributed by atoms with Crippen LogP contribution >= 0.6 is 0 Å². The Morgan fingerprint density at radius 1 is 0.667 bits per heavy atom. The highest BCUT2D eigenvalue weighted by molar-refractivity contribution is 5.50. The SMILES string of the molecule is CN(C)c1ccc(CNCC23C[C@H]4C[C@@H](C2)CC(c2ccc(NCc5ccc(N(C)C)cc5)cc2)(C4)C3)cc1. The number of hydrogen-bond acceptors (Lipinski definition) is 4. The molecule has 4 heteroatoms. The summed E-state index contributed by atoms with van der Waals surface area (Å²) in [5.41, 5.74) is 8.85. The van der Waals surface area contributed by atoms with Crippen LogP contribution in [0.1, 0.15) is 55.2 Å². The molecule has 0 radical (unpaired) electrons. The minimum Gasteiger partial charge on any atom is -0.381 e. The van der Waals surface area contributed by atoms with Gasteiger partial charge in [-0.05, 0) is 114 Å². The molecule has 0 aliphatic heterocycles. The number of hydrogen-bond donors (Lipinski definition) is 2. The van der Waals surface area contributed by atoms with E-state index in [9.17, 15) is 0 Å². The fourth-order valence-corrected chi connectivity index (χ4v) is 8.44. The Morgan fingerprint density at radius 2 is 1.21 bits per heavy atom. The maximum Gasteiger partial charge on any atom is 0.0400 e. The van der Waals surface area contributed by atoms with Crippen molar-refractivity contribution in [3.63, 3.8) is 0 Å². The summed E-state index contributed by atoms with van der Waals surface area (Å²) in [6, 6.07) is 27.4. The van der Waals surface area contributed by atoms with E-state index in [2.05, 4.69) is 121 Å². The molecule has 4 aliphatic carbocycles. The Balaban J connectivity index is 1.09. The highest BCUT2D eigenvalue weighted by atomic mass is 15.1. The fraction of sp³-hybridized carbons (Fsp3) is 0.486. The van der Waals surface area contributed by atoms with Gasteiger partial charge in [0.15, 0.2) is 0 Å². The number of benzene rings is 3. The van der Waals surface area contributed by atoms with E-state index in [-0.39, 0.29) is 0 Å². The Morgan fingerprint density at radius 3 is 1.74 bits per heavy atom. The molecule has 3 aromatic rings. The van der Waals surface area contributed by atoms with E-state index in [4.69, 9.17) is 0 Å². The highest BCUT2D eigenvalue weighted by Crippen LogP contribution is 2.65. The second-order valence-electron chi connectivity index (χ2n) is 13.4.